The van der Waals surface area contributed by atoms with Gasteiger partial charge in [-0.2, -0.15) is 5.10 Å². The van der Waals surface area contributed by atoms with Crippen LogP contribution in [0.2, 0.25) is 0 Å². The topological polar surface area (TPSA) is 17.8 Å². The maximum Gasteiger partial charge on any atom is 0.123 e. The quantitative estimate of drug-likeness (QED) is 0.792. The number of aryl methyl sites for hydroxylation is 1. The normalized spacial score (nSPS) is 12.6. The number of alkyl halides is 1. The Hall–Kier alpha value is -1.16. The molecule has 0 spiro atoms. The lowest BCUT2D eigenvalue weighted by molar-refractivity contribution is 0.625. The Morgan fingerprint density at radius 2 is 2.06 bits per heavy atom. The van der Waals surface area contributed by atoms with Crippen molar-refractivity contribution in [3.05, 3.63) is 53.6 Å². The Morgan fingerprint density at radius 3 is 2.59 bits per heavy atom. The van der Waals surface area contributed by atoms with Crippen molar-refractivity contribution in [3.8, 4) is 0 Å². The second kappa shape index (κ2) is 5.45. The second-order valence-electron chi connectivity index (χ2n) is 4.13. The first-order valence-corrected chi connectivity index (χ1v) is 6.60. The first kappa shape index (κ1) is 12.3. The number of nitrogens with zero attached hydrogens (tertiary/aromatic N) is 2. The van der Waals surface area contributed by atoms with Crippen LogP contribution in [0.4, 0.5) is 4.39 Å². The zero-order chi connectivity index (χ0) is 12.3. The molecule has 1 aromatic heterocycles. The molecule has 2 nitrogen and oxygen atoms in total. The van der Waals surface area contributed by atoms with Gasteiger partial charge in [-0.3, -0.25) is 4.68 Å². The highest BCUT2D eigenvalue weighted by Crippen LogP contribution is 2.23. The van der Waals surface area contributed by atoms with Crippen LogP contribution < -0.4 is 0 Å². The number of rotatable bonds is 4. The van der Waals surface area contributed by atoms with Crippen molar-refractivity contribution < 1.29 is 4.39 Å². The van der Waals surface area contributed by atoms with E-state index in [1.807, 2.05) is 31.6 Å². The van der Waals surface area contributed by atoms with Gasteiger partial charge in [0.05, 0.1) is 6.20 Å². The van der Waals surface area contributed by atoms with Crippen LogP contribution >= 0.6 is 15.9 Å². The van der Waals surface area contributed by atoms with Crippen molar-refractivity contribution in [1.82, 2.24) is 9.78 Å². The highest BCUT2D eigenvalue weighted by Gasteiger charge is 2.12. The van der Waals surface area contributed by atoms with Gasteiger partial charge in [0.1, 0.15) is 5.82 Å². The van der Waals surface area contributed by atoms with Gasteiger partial charge in [-0.15, -0.1) is 0 Å². The summed E-state index contributed by atoms with van der Waals surface area (Å²) in [7, 11) is 1.91. The largest absolute Gasteiger partial charge is 0.276 e. The van der Waals surface area contributed by atoms with Gasteiger partial charge in [-0.25, -0.2) is 4.39 Å². The summed E-state index contributed by atoms with van der Waals surface area (Å²) in [5, 5.41) is 5.01. The zero-order valence-corrected chi connectivity index (χ0v) is 11.2. The maximum absolute atomic E-state index is 12.9. The smallest absolute Gasteiger partial charge is 0.123 e. The van der Waals surface area contributed by atoms with Crippen LogP contribution in [0, 0.1) is 5.82 Å². The zero-order valence-electron chi connectivity index (χ0n) is 9.61. The van der Waals surface area contributed by atoms with Crippen molar-refractivity contribution in [2.45, 2.75) is 12.3 Å². The molecule has 0 saturated carbocycles. The third-order valence-electron chi connectivity index (χ3n) is 2.77. The van der Waals surface area contributed by atoms with Gasteiger partial charge in [0.15, 0.2) is 0 Å². The third-order valence-corrected chi connectivity index (χ3v) is 3.55. The summed E-state index contributed by atoms with van der Waals surface area (Å²) in [6, 6.07) is 6.71. The predicted molar refractivity (Wildman–Crippen MR) is 69.8 cm³/mol. The summed E-state index contributed by atoms with van der Waals surface area (Å²) >= 11 is 3.51. The van der Waals surface area contributed by atoms with Crippen LogP contribution in [0.3, 0.4) is 0 Å². The summed E-state index contributed by atoms with van der Waals surface area (Å²) < 4.78 is 14.7. The molecule has 2 aromatic rings. The van der Waals surface area contributed by atoms with Crippen molar-refractivity contribution in [3.63, 3.8) is 0 Å². The van der Waals surface area contributed by atoms with Crippen molar-refractivity contribution in [1.29, 1.82) is 0 Å². The van der Waals surface area contributed by atoms with Crippen molar-refractivity contribution >= 4 is 15.9 Å². The highest BCUT2D eigenvalue weighted by molar-refractivity contribution is 9.09. The molecule has 0 radical (unpaired) electrons. The summed E-state index contributed by atoms with van der Waals surface area (Å²) in [6.45, 7) is 0. The van der Waals surface area contributed by atoms with E-state index in [0.717, 1.165) is 17.3 Å². The minimum absolute atomic E-state index is 0.191. The molecular formula is C13H14BrFN2. The molecule has 0 bridgehead atoms. The van der Waals surface area contributed by atoms with Gasteiger partial charge in [0.2, 0.25) is 0 Å². The number of hydrogen-bond acceptors (Lipinski definition) is 1. The monoisotopic (exact) mass is 296 g/mol. The molecule has 1 unspecified atom stereocenters. The summed E-state index contributed by atoms with van der Waals surface area (Å²) in [4.78, 5) is 0. The van der Waals surface area contributed by atoms with Crippen LogP contribution in [0.1, 0.15) is 17.0 Å². The van der Waals surface area contributed by atoms with Crippen LogP contribution in [0.5, 0.6) is 0 Å². The molecule has 0 aliphatic heterocycles. The lowest BCUT2D eigenvalue weighted by Gasteiger charge is -2.13. The lowest BCUT2D eigenvalue weighted by Crippen LogP contribution is -2.04. The first-order chi connectivity index (χ1) is 8.19. The van der Waals surface area contributed by atoms with E-state index in [2.05, 4.69) is 21.0 Å². The molecule has 0 aliphatic rings. The van der Waals surface area contributed by atoms with E-state index in [1.165, 1.54) is 17.7 Å². The van der Waals surface area contributed by atoms with E-state index >= 15 is 0 Å². The maximum atomic E-state index is 12.9. The number of benzene rings is 1. The minimum Gasteiger partial charge on any atom is -0.276 e. The summed E-state index contributed by atoms with van der Waals surface area (Å²) in [6.07, 6.45) is 4.79. The van der Waals surface area contributed by atoms with Gasteiger partial charge < -0.3 is 0 Å². The van der Waals surface area contributed by atoms with E-state index in [0.29, 0.717) is 5.92 Å². The Balaban J connectivity index is 2.13. The standard InChI is InChI=1S/C13H14BrFN2/c1-17-9-10(8-16-17)6-12(7-14)11-2-4-13(15)5-3-11/h2-5,8-9,12H,6-7H2,1H3. The molecule has 2 rings (SSSR count). The van der Waals surface area contributed by atoms with Gasteiger partial charge in [-0.05, 0) is 35.6 Å². The Labute approximate surface area is 109 Å². The highest BCUT2D eigenvalue weighted by atomic mass is 79.9. The number of hydrogen-bond donors (Lipinski definition) is 0. The van der Waals surface area contributed by atoms with E-state index in [1.54, 1.807) is 4.68 Å². The fourth-order valence-electron chi connectivity index (χ4n) is 1.86. The molecule has 0 N–H and O–H groups in total. The molecule has 0 amide bonds. The van der Waals surface area contributed by atoms with Gasteiger partial charge in [0.25, 0.3) is 0 Å². The van der Waals surface area contributed by atoms with E-state index in [9.17, 15) is 4.39 Å². The van der Waals surface area contributed by atoms with Crippen LogP contribution in [0.25, 0.3) is 0 Å². The molecule has 0 saturated heterocycles. The molecule has 0 aliphatic carbocycles. The SMILES string of the molecule is Cn1cc(CC(CBr)c2ccc(F)cc2)cn1. The van der Waals surface area contributed by atoms with Crippen LogP contribution in [-0.4, -0.2) is 15.1 Å². The summed E-state index contributed by atoms with van der Waals surface area (Å²) in [5.74, 6) is 0.156. The number of aromatic nitrogens is 2. The molecule has 1 heterocycles. The Kier molecular flexibility index (Phi) is 3.94. The molecule has 1 atom stereocenters. The van der Waals surface area contributed by atoms with E-state index < -0.39 is 0 Å². The van der Waals surface area contributed by atoms with Crippen LogP contribution in [0.15, 0.2) is 36.7 Å². The molecule has 90 valence electrons. The van der Waals surface area contributed by atoms with E-state index in [4.69, 9.17) is 0 Å². The van der Waals surface area contributed by atoms with Gasteiger partial charge in [-0.1, -0.05) is 28.1 Å². The molecule has 17 heavy (non-hydrogen) atoms. The average Bonchev–Trinajstić information content (AvgIpc) is 2.73. The third kappa shape index (κ3) is 3.16. The molecule has 0 fully saturated rings. The van der Waals surface area contributed by atoms with Crippen molar-refractivity contribution in [2.75, 3.05) is 5.33 Å². The minimum atomic E-state index is -0.191. The first-order valence-electron chi connectivity index (χ1n) is 5.48. The Bertz CT molecular complexity index is 478. The lowest BCUT2D eigenvalue weighted by atomic mass is 9.95. The van der Waals surface area contributed by atoms with Crippen LogP contribution in [-0.2, 0) is 13.5 Å². The fourth-order valence-corrected chi connectivity index (χ4v) is 2.46. The molecule has 1 aromatic carbocycles. The Morgan fingerprint density at radius 1 is 1.35 bits per heavy atom. The van der Waals surface area contributed by atoms with Crippen molar-refractivity contribution in [2.24, 2.45) is 7.05 Å². The molecular weight excluding hydrogens is 283 g/mol. The van der Waals surface area contributed by atoms with E-state index in [-0.39, 0.29) is 5.82 Å². The fraction of sp³-hybridized carbons (Fsp3) is 0.308. The average molecular weight is 297 g/mol. The van der Waals surface area contributed by atoms with Gasteiger partial charge in [0, 0.05) is 18.6 Å². The predicted octanol–water partition coefficient (Wildman–Crippen LogP) is 3.28. The summed E-state index contributed by atoms with van der Waals surface area (Å²) in [5.41, 5.74) is 2.34. The molecule has 4 heteroatoms. The van der Waals surface area contributed by atoms with Gasteiger partial charge >= 0.3 is 0 Å². The second-order valence-corrected chi connectivity index (χ2v) is 4.78. The number of halogens is 2.